The normalized spacial score (nSPS) is 33.7. The lowest BCUT2D eigenvalue weighted by Gasteiger charge is -2.29. The van der Waals surface area contributed by atoms with Gasteiger partial charge in [0, 0.05) is 23.0 Å². The second kappa shape index (κ2) is 6.66. The van der Waals surface area contributed by atoms with E-state index < -0.39 is 0 Å². The fraction of sp³-hybridized carbons (Fsp3) is 0.192. The first-order valence-electron chi connectivity index (χ1n) is 9.80. The van der Waals surface area contributed by atoms with Gasteiger partial charge in [-0.2, -0.15) is 0 Å². The molecule has 5 aliphatic rings. The lowest BCUT2D eigenvalue weighted by atomic mass is 9.73. The van der Waals surface area contributed by atoms with Crippen LogP contribution in [0.5, 0.6) is 0 Å². The molecule has 0 radical (unpaired) electrons. The lowest BCUT2D eigenvalue weighted by molar-refractivity contribution is -0.113. The van der Waals surface area contributed by atoms with Crippen molar-refractivity contribution in [1.82, 2.24) is 0 Å². The average molecular weight is 350 g/mol. The Morgan fingerprint density at radius 1 is 0.630 bits per heavy atom. The first kappa shape index (κ1) is 16.3. The van der Waals surface area contributed by atoms with Gasteiger partial charge in [-0.05, 0) is 41.6 Å². The summed E-state index contributed by atoms with van der Waals surface area (Å²) in [6, 6.07) is 0. The highest BCUT2D eigenvalue weighted by Gasteiger charge is 2.31. The number of Topliss-reactive ketones (excluding diaryl/α,β-unsaturated/α-hetero) is 1. The molecule has 0 aromatic heterocycles. The second-order valence-corrected chi connectivity index (χ2v) is 7.55. The van der Waals surface area contributed by atoms with Gasteiger partial charge in [0.25, 0.3) is 0 Å². The summed E-state index contributed by atoms with van der Waals surface area (Å²) < 4.78 is 0. The van der Waals surface area contributed by atoms with Gasteiger partial charge >= 0.3 is 0 Å². The maximum absolute atomic E-state index is 13.6. The molecule has 0 aromatic rings. The topological polar surface area (TPSA) is 17.1 Å². The minimum atomic E-state index is 0.221. The molecule has 0 bridgehead atoms. The number of rotatable bonds is 0. The van der Waals surface area contributed by atoms with Crippen molar-refractivity contribution in [2.75, 3.05) is 0 Å². The quantitative estimate of drug-likeness (QED) is 0.504. The van der Waals surface area contributed by atoms with Crippen LogP contribution in [0.1, 0.15) is 19.3 Å². The van der Waals surface area contributed by atoms with E-state index in [1.807, 2.05) is 0 Å². The zero-order valence-corrected chi connectivity index (χ0v) is 15.3. The van der Waals surface area contributed by atoms with Crippen LogP contribution in [0.25, 0.3) is 0 Å². The van der Waals surface area contributed by atoms with Crippen molar-refractivity contribution >= 4 is 5.78 Å². The second-order valence-electron chi connectivity index (χ2n) is 7.55. The van der Waals surface area contributed by atoms with Crippen LogP contribution in [-0.4, -0.2) is 5.78 Å². The number of allylic oxidation sites excluding steroid dienone is 20. The van der Waals surface area contributed by atoms with Crippen molar-refractivity contribution in [2.45, 2.75) is 19.3 Å². The molecule has 5 rings (SSSR count). The van der Waals surface area contributed by atoms with Gasteiger partial charge in [0.1, 0.15) is 0 Å². The van der Waals surface area contributed by atoms with Gasteiger partial charge in [-0.25, -0.2) is 0 Å². The van der Waals surface area contributed by atoms with Crippen LogP contribution >= 0.6 is 0 Å². The van der Waals surface area contributed by atoms with Gasteiger partial charge in [0.05, 0.1) is 0 Å². The van der Waals surface area contributed by atoms with Crippen LogP contribution in [-0.2, 0) is 4.79 Å². The lowest BCUT2D eigenvalue weighted by Crippen LogP contribution is -2.22. The Hall–Kier alpha value is -2.93. The molecule has 1 nitrogen and oxygen atoms in total. The van der Waals surface area contributed by atoms with Gasteiger partial charge in [0.15, 0.2) is 5.78 Å². The van der Waals surface area contributed by atoms with Crippen molar-refractivity contribution < 1.29 is 4.79 Å². The Kier molecular flexibility index (Phi) is 4.01. The zero-order chi connectivity index (χ0) is 18.2. The summed E-state index contributed by atoms with van der Waals surface area (Å²) in [7, 11) is 0. The predicted molar refractivity (Wildman–Crippen MR) is 111 cm³/mol. The largest absolute Gasteiger partial charge is 0.289 e. The van der Waals surface area contributed by atoms with Crippen molar-refractivity contribution in [3.8, 4) is 0 Å². The standard InChI is InChI=1S/C26H22O/c27-26-24(22-14-5-10-18-8-1-3-12-20(18)22)16-7-17-25(26)23-15-6-11-19-9-2-4-13-21(19)23/h1-6,8-15,20-21H,7,16-17H2. The van der Waals surface area contributed by atoms with Crippen molar-refractivity contribution in [1.29, 1.82) is 0 Å². The van der Waals surface area contributed by atoms with Gasteiger partial charge in [-0.1, -0.05) is 85.1 Å². The summed E-state index contributed by atoms with van der Waals surface area (Å²) in [5, 5.41) is 0. The Morgan fingerprint density at radius 2 is 1.15 bits per heavy atom. The van der Waals surface area contributed by atoms with Crippen LogP contribution in [0.3, 0.4) is 0 Å². The van der Waals surface area contributed by atoms with E-state index in [9.17, 15) is 4.79 Å². The minimum Gasteiger partial charge on any atom is -0.289 e. The van der Waals surface area contributed by atoms with Crippen molar-refractivity contribution in [2.24, 2.45) is 11.8 Å². The smallest absolute Gasteiger partial charge is 0.185 e. The zero-order valence-electron chi connectivity index (χ0n) is 15.3. The number of hydrogen-bond donors (Lipinski definition) is 0. The molecule has 1 saturated carbocycles. The molecule has 0 heterocycles. The first-order chi connectivity index (χ1) is 13.3. The third kappa shape index (κ3) is 2.75. The van der Waals surface area contributed by atoms with Crippen LogP contribution in [0, 0.1) is 11.8 Å². The van der Waals surface area contributed by atoms with E-state index >= 15 is 0 Å². The van der Waals surface area contributed by atoms with Gasteiger partial charge in [0.2, 0.25) is 0 Å². The summed E-state index contributed by atoms with van der Waals surface area (Å²) in [5.41, 5.74) is 6.94. The van der Waals surface area contributed by atoms with E-state index in [0.29, 0.717) is 0 Å². The van der Waals surface area contributed by atoms with Gasteiger partial charge in [-0.15, -0.1) is 0 Å². The van der Waals surface area contributed by atoms with Crippen LogP contribution in [0.4, 0.5) is 0 Å². The molecule has 27 heavy (non-hydrogen) atoms. The molecule has 0 saturated heterocycles. The minimum absolute atomic E-state index is 0.221. The molecule has 5 aliphatic carbocycles. The fourth-order valence-corrected chi connectivity index (χ4v) is 4.71. The molecule has 132 valence electrons. The molecular formula is C26H22O. The summed E-state index contributed by atoms with van der Waals surface area (Å²) in [5.74, 6) is 0.699. The summed E-state index contributed by atoms with van der Waals surface area (Å²) in [4.78, 5) is 13.6. The number of ketones is 1. The van der Waals surface area contributed by atoms with Crippen LogP contribution < -0.4 is 0 Å². The van der Waals surface area contributed by atoms with Gasteiger partial charge in [-0.3, -0.25) is 4.79 Å². The highest BCUT2D eigenvalue weighted by molar-refractivity contribution is 6.11. The van der Waals surface area contributed by atoms with E-state index in [2.05, 4.69) is 85.1 Å². The molecule has 0 aliphatic heterocycles. The molecule has 1 heteroatoms. The molecular weight excluding hydrogens is 328 g/mol. The van der Waals surface area contributed by atoms with E-state index in [1.165, 1.54) is 22.3 Å². The number of fused-ring (bicyclic) bond motifs is 2. The van der Waals surface area contributed by atoms with E-state index in [-0.39, 0.29) is 17.6 Å². The summed E-state index contributed by atoms with van der Waals surface area (Å²) in [6.07, 6.45) is 32.6. The number of carbonyl (C=O) groups is 1. The van der Waals surface area contributed by atoms with Gasteiger partial charge < -0.3 is 0 Å². The third-order valence-corrected chi connectivity index (χ3v) is 6.02. The molecule has 0 spiro atoms. The highest BCUT2D eigenvalue weighted by Crippen LogP contribution is 2.40. The average Bonchev–Trinajstić information content (AvgIpc) is 2.73. The maximum atomic E-state index is 13.6. The molecule has 2 unspecified atom stereocenters. The number of hydrogen-bond acceptors (Lipinski definition) is 1. The Labute approximate surface area is 160 Å². The molecule has 1 fully saturated rings. The van der Waals surface area contributed by atoms with Crippen LogP contribution in [0.2, 0.25) is 0 Å². The molecule has 0 N–H and O–H groups in total. The number of carbonyl (C=O) groups excluding carboxylic acids is 1. The first-order valence-corrected chi connectivity index (χ1v) is 9.80. The Morgan fingerprint density at radius 3 is 1.67 bits per heavy atom. The predicted octanol–water partition coefficient (Wildman–Crippen LogP) is 5.81. The van der Waals surface area contributed by atoms with Crippen molar-refractivity contribution in [3.05, 3.63) is 119 Å². The van der Waals surface area contributed by atoms with E-state index in [1.54, 1.807) is 0 Å². The SMILES string of the molecule is O=C1C(=C2C=CC=C3C=CC=CC32)CCCC1=C1C=CC=C2C=CC=CC21. The third-order valence-electron chi connectivity index (χ3n) is 6.02. The Balaban J connectivity index is 1.58. The molecule has 0 aromatic carbocycles. The highest BCUT2D eigenvalue weighted by atomic mass is 16.1. The fourth-order valence-electron chi connectivity index (χ4n) is 4.71. The molecule has 0 amide bonds. The monoisotopic (exact) mass is 350 g/mol. The van der Waals surface area contributed by atoms with E-state index in [4.69, 9.17) is 0 Å². The van der Waals surface area contributed by atoms with E-state index in [0.717, 1.165) is 30.4 Å². The maximum Gasteiger partial charge on any atom is 0.185 e. The summed E-state index contributed by atoms with van der Waals surface area (Å²) in [6.45, 7) is 0. The Bertz CT molecular complexity index is 928. The summed E-state index contributed by atoms with van der Waals surface area (Å²) >= 11 is 0. The molecule has 2 atom stereocenters. The van der Waals surface area contributed by atoms with Crippen molar-refractivity contribution in [3.63, 3.8) is 0 Å². The van der Waals surface area contributed by atoms with Crippen LogP contribution in [0.15, 0.2) is 119 Å².